The molecular formula is C18H20N4OS. The number of anilines is 1. The maximum absolute atomic E-state index is 12.7. The molecule has 1 aliphatic carbocycles. The number of Topliss-reactive ketones (excluding diaryl/α,β-unsaturated/α-hetero) is 1. The van der Waals surface area contributed by atoms with Gasteiger partial charge in [-0.15, -0.1) is 11.3 Å². The summed E-state index contributed by atoms with van der Waals surface area (Å²) in [7, 11) is 0. The van der Waals surface area contributed by atoms with Crippen LogP contribution in [0.15, 0.2) is 34.8 Å². The second kappa shape index (κ2) is 5.70. The minimum atomic E-state index is -0.138. The Kier molecular flexibility index (Phi) is 3.64. The van der Waals surface area contributed by atoms with Gasteiger partial charge in [-0.2, -0.15) is 0 Å². The second-order valence-corrected chi connectivity index (χ2v) is 7.66. The molecule has 0 spiro atoms. The third-order valence-corrected chi connectivity index (χ3v) is 5.42. The topological polar surface area (TPSA) is 58.1 Å². The Balaban J connectivity index is 1.82. The standard InChI is InChI=1S/C18H20N4OS/c1-10-7-13-16(14(23)8-10)17(15-5-4-6-24-15)22(21-13)18-19-11(2)9-12(3)20-18/h4-6,9-10,17,21H,7-8H2,1-3H3/t10-,17+/m0/s1. The molecule has 1 N–H and O–H groups in total. The van der Waals surface area contributed by atoms with E-state index in [9.17, 15) is 4.79 Å². The van der Waals surface area contributed by atoms with Crippen molar-refractivity contribution in [2.24, 2.45) is 5.92 Å². The van der Waals surface area contributed by atoms with E-state index in [0.717, 1.165) is 34.0 Å². The van der Waals surface area contributed by atoms with Gasteiger partial charge in [0, 0.05) is 34.0 Å². The molecule has 2 aromatic rings. The molecule has 0 unspecified atom stereocenters. The molecule has 0 radical (unpaired) electrons. The Morgan fingerprint density at radius 2 is 2.00 bits per heavy atom. The van der Waals surface area contributed by atoms with E-state index in [1.165, 1.54) is 0 Å². The molecule has 5 nitrogen and oxygen atoms in total. The van der Waals surface area contributed by atoms with E-state index in [0.29, 0.717) is 18.3 Å². The van der Waals surface area contributed by atoms with Gasteiger partial charge in [-0.3, -0.25) is 10.2 Å². The van der Waals surface area contributed by atoms with Crippen molar-refractivity contribution in [1.82, 2.24) is 15.4 Å². The molecule has 0 amide bonds. The summed E-state index contributed by atoms with van der Waals surface area (Å²) in [6, 6.07) is 5.92. The Morgan fingerprint density at radius 1 is 1.25 bits per heavy atom. The SMILES string of the molecule is Cc1cc(C)nc(N2NC3=C(C(=O)C[C@@H](C)C3)[C@H]2c2cccs2)n1. The lowest BCUT2D eigenvalue weighted by Crippen LogP contribution is -2.36. The van der Waals surface area contributed by atoms with E-state index in [-0.39, 0.29) is 11.8 Å². The molecule has 0 saturated heterocycles. The molecule has 3 heterocycles. The van der Waals surface area contributed by atoms with Crippen LogP contribution in [0.3, 0.4) is 0 Å². The molecule has 4 rings (SSSR count). The number of ketones is 1. The van der Waals surface area contributed by atoms with Crippen LogP contribution in [0.25, 0.3) is 0 Å². The summed E-state index contributed by atoms with van der Waals surface area (Å²) >= 11 is 1.66. The fourth-order valence-corrected chi connectivity index (χ4v) is 4.41. The predicted octanol–water partition coefficient (Wildman–Crippen LogP) is 3.47. The van der Waals surface area contributed by atoms with Crippen molar-refractivity contribution in [3.63, 3.8) is 0 Å². The average molecular weight is 340 g/mol. The number of carbonyl (C=O) groups excluding carboxylic acids is 1. The highest BCUT2D eigenvalue weighted by molar-refractivity contribution is 7.10. The fraction of sp³-hybridized carbons (Fsp3) is 0.389. The van der Waals surface area contributed by atoms with Crippen LogP contribution in [-0.2, 0) is 4.79 Å². The Morgan fingerprint density at radius 3 is 2.67 bits per heavy atom. The molecule has 6 heteroatoms. The van der Waals surface area contributed by atoms with Gasteiger partial charge in [0.2, 0.25) is 5.95 Å². The highest BCUT2D eigenvalue weighted by Gasteiger charge is 2.42. The minimum absolute atomic E-state index is 0.138. The summed E-state index contributed by atoms with van der Waals surface area (Å²) in [5, 5.41) is 4.01. The van der Waals surface area contributed by atoms with Crippen molar-refractivity contribution >= 4 is 23.1 Å². The van der Waals surface area contributed by atoms with Gasteiger partial charge in [-0.05, 0) is 43.7 Å². The van der Waals surface area contributed by atoms with E-state index in [4.69, 9.17) is 0 Å². The first-order valence-corrected chi connectivity index (χ1v) is 9.08. The molecular weight excluding hydrogens is 320 g/mol. The number of hydrogen-bond acceptors (Lipinski definition) is 6. The number of carbonyl (C=O) groups is 1. The van der Waals surface area contributed by atoms with Crippen molar-refractivity contribution in [2.75, 3.05) is 5.01 Å². The normalized spacial score (nSPS) is 23.5. The molecule has 2 atom stereocenters. The van der Waals surface area contributed by atoms with Gasteiger partial charge in [0.05, 0.1) is 0 Å². The van der Waals surface area contributed by atoms with Gasteiger partial charge in [0.1, 0.15) is 6.04 Å². The van der Waals surface area contributed by atoms with Gasteiger partial charge in [-0.25, -0.2) is 15.0 Å². The van der Waals surface area contributed by atoms with Crippen molar-refractivity contribution in [1.29, 1.82) is 0 Å². The van der Waals surface area contributed by atoms with Crippen LogP contribution >= 0.6 is 11.3 Å². The number of hydrazine groups is 1. The van der Waals surface area contributed by atoms with Crippen LogP contribution in [0.5, 0.6) is 0 Å². The third-order valence-electron chi connectivity index (χ3n) is 4.50. The van der Waals surface area contributed by atoms with Crippen LogP contribution in [0.2, 0.25) is 0 Å². The van der Waals surface area contributed by atoms with Crippen LogP contribution in [0.1, 0.15) is 42.1 Å². The fourth-order valence-electron chi connectivity index (χ4n) is 3.58. The van der Waals surface area contributed by atoms with E-state index in [1.54, 1.807) is 11.3 Å². The van der Waals surface area contributed by atoms with E-state index >= 15 is 0 Å². The largest absolute Gasteiger partial charge is 0.299 e. The number of hydrogen-bond donors (Lipinski definition) is 1. The lowest BCUT2D eigenvalue weighted by Gasteiger charge is -2.25. The number of aryl methyl sites for hydroxylation is 2. The molecule has 124 valence electrons. The summed E-state index contributed by atoms with van der Waals surface area (Å²) in [4.78, 5) is 23.1. The smallest absolute Gasteiger partial charge is 0.245 e. The summed E-state index contributed by atoms with van der Waals surface area (Å²) in [6.07, 6.45) is 1.51. The van der Waals surface area contributed by atoms with Crippen molar-refractivity contribution < 1.29 is 4.79 Å². The quantitative estimate of drug-likeness (QED) is 0.907. The molecule has 0 saturated carbocycles. The zero-order valence-electron chi connectivity index (χ0n) is 14.0. The lowest BCUT2D eigenvalue weighted by molar-refractivity contribution is -0.117. The number of rotatable bonds is 2. The number of thiophene rings is 1. The number of aromatic nitrogens is 2. The van der Waals surface area contributed by atoms with Gasteiger partial charge in [0.25, 0.3) is 0 Å². The summed E-state index contributed by atoms with van der Waals surface area (Å²) in [5.74, 6) is 1.23. The first kappa shape index (κ1) is 15.3. The Bertz CT molecular complexity index is 807. The van der Waals surface area contributed by atoms with Crippen molar-refractivity contribution in [3.8, 4) is 0 Å². The van der Waals surface area contributed by atoms with Crippen LogP contribution in [-0.4, -0.2) is 15.8 Å². The maximum atomic E-state index is 12.7. The highest BCUT2D eigenvalue weighted by Crippen LogP contribution is 2.43. The van der Waals surface area contributed by atoms with Crippen LogP contribution < -0.4 is 10.4 Å². The van der Waals surface area contributed by atoms with Gasteiger partial charge in [-0.1, -0.05) is 13.0 Å². The first-order chi connectivity index (χ1) is 11.5. The zero-order valence-corrected chi connectivity index (χ0v) is 14.9. The lowest BCUT2D eigenvalue weighted by atomic mass is 9.85. The number of nitrogens with zero attached hydrogens (tertiary/aromatic N) is 3. The molecule has 0 fully saturated rings. The average Bonchev–Trinajstić information content (AvgIpc) is 3.12. The van der Waals surface area contributed by atoms with E-state index < -0.39 is 0 Å². The summed E-state index contributed by atoms with van der Waals surface area (Å²) in [5.41, 5.74) is 7.20. The van der Waals surface area contributed by atoms with Gasteiger partial charge >= 0.3 is 0 Å². The number of nitrogens with one attached hydrogen (secondary N) is 1. The highest BCUT2D eigenvalue weighted by atomic mass is 32.1. The third kappa shape index (κ3) is 2.51. The zero-order chi connectivity index (χ0) is 16.8. The van der Waals surface area contributed by atoms with Crippen LogP contribution in [0, 0.1) is 19.8 Å². The molecule has 0 aromatic carbocycles. The van der Waals surface area contributed by atoms with Gasteiger partial charge in [0.15, 0.2) is 5.78 Å². The van der Waals surface area contributed by atoms with E-state index in [1.807, 2.05) is 36.4 Å². The first-order valence-electron chi connectivity index (χ1n) is 8.20. The van der Waals surface area contributed by atoms with Crippen molar-refractivity contribution in [3.05, 3.63) is 51.1 Å². The van der Waals surface area contributed by atoms with Gasteiger partial charge < -0.3 is 0 Å². The summed E-state index contributed by atoms with van der Waals surface area (Å²) in [6.45, 7) is 6.06. The predicted molar refractivity (Wildman–Crippen MR) is 94.6 cm³/mol. The Hall–Kier alpha value is -2.21. The second-order valence-electron chi connectivity index (χ2n) is 6.68. The molecule has 2 aliphatic rings. The van der Waals surface area contributed by atoms with E-state index in [2.05, 4.69) is 28.4 Å². The summed E-state index contributed by atoms with van der Waals surface area (Å²) < 4.78 is 0. The van der Waals surface area contributed by atoms with Crippen molar-refractivity contribution in [2.45, 2.75) is 39.7 Å². The molecule has 2 aromatic heterocycles. The maximum Gasteiger partial charge on any atom is 0.245 e. The minimum Gasteiger partial charge on any atom is -0.299 e. The monoisotopic (exact) mass is 340 g/mol. The molecule has 24 heavy (non-hydrogen) atoms. The molecule has 1 aliphatic heterocycles. The molecule has 0 bridgehead atoms. The Labute approximate surface area is 145 Å². The van der Waals surface area contributed by atoms with Crippen LogP contribution in [0.4, 0.5) is 5.95 Å². The number of allylic oxidation sites excluding steroid dienone is 1.